The van der Waals surface area contributed by atoms with E-state index in [0.29, 0.717) is 6.04 Å². The van der Waals surface area contributed by atoms with Crippen molar-refractivity contribution >= 4 is 0 Å². The minimum Gasteiger partial charge on any atom is -0.491 e. The van der Waals surface area contributed by atoms with Gasteiger partial charge in [-0.3, -0.25) is 0 Å². The maximum Gasteiger partial charge on any atom is 0.119 e. The van der Waals surface area contributed by atoms with Crippen molar-refractivity contribution in [1.82, 2.24) is 5.32 Å². The topological polar surface area (TPSA) is 39.7 Å². The highest BCUT2D eigenvalue weighted by Crippen LogP contribution is 2.32. The quantitative estimate of drug-likeness (QED) is 0.908. The van der Waals surface area contributed by atoms with Gasteiger partial charge in [0, 0.05) is 32.2 Å². The first-order chi connectivity index (χ1) is 10.7. The van der Waals surface area contributed by atoms with E-state index >= 15 is 0 Å². The summed E-state index contributed by atoms with van der Waals surface area (Å²) in [7, 11) is 0. The van der Waals surface area contributed by atoms with Crippen LogP contribution in [-0.4, -0.2) is 37.6 Å². The molecule has 4 nitrogen and oxygen atoms in total. The Bertz CT molecular complexity index is 466. The van der Waals surface area contributed by atoms with E-state index in [4.69, 9.17) is 14.2 Å². The highest BCUT2D eigenvalue weighted by Gasteiger charge is 2.40. The van der Waals surface area contributed by atoms with Gasteiger partial charge < -0.3 is 19.5 Å². The van der Waals surface area contributed by atoms with Gasteiger partial charge in [-0.05, 0) is 44.4 Å². The van der Waals surface area contributed by atoms with Crippen molar-refractivity contribution in [1.29, 1.82) is 0 Å². The molecule has 1 aromatic rings. The van der Waals surface area contributed by atoms with E-state index in [9.17, 15) is 0 Å². The number of hydrogen-bond donors (Lipinski definition) is 1. The smallest absolute Gasteiger partial charge is 0.119 e. The van der Waals surface area contributed by atoms with Gasteiger partial charge in [0.15, 0.2) is 0 Å². The SMILES string of the molecule is CC(C)Oc1ccc(CNC2CCOC3(CCOC3)C2)cc1. The second-order valence-corrected chi connectivity index (χ2v) is 6.72. The third-order valence-electron chi connectivity index (χ3n) is 4.45. The van der Waals surface area contributed by atoms with Gasteiger partial charge in [-0.25, -0.2) is 0 Å². The first-order valence-electron chi connectivity index (χ1n) is 8.36. The van der Waals surface area contributed by atoms with Crippen molar-refractivity contribution in [2.24, 2.45) is 0 Å². The van der Waals surface area contributed by atoms with Crippen LogP contribution in [0.4, 0.5) is 0 Å². The zero-order chi connectivity index (χ0) is 15.4. The predicted molar refractivity (Wildman–Crippen MR) is 86.2 cm³/mol. The fourth-order valence-electron chi connectivity index (χ4n) is 3.29. The van der Waals surface area contributed by atoms with Gasteiger partial charge in [0.25, 0.3) is 0 Å². The molecule has 2 heterocycles. The molecule has 1 spiro atoms. The van der Waals surface area contributed by atoms with Gasteiger partial charge in [0.2, 0.25) is 0 Å². The summed E-state index contributed by atoms with van der Waals surface area (Å²) < 4.78 is 17.2. The van der Waals surface area contributed by atoms with E-state index in [1.807, 2.05) is 26.0 Å². The van der Waals surface area contributed by atoms with E-state index in [-0.39, 0.29) is 11.7 Å². The Kier molecular flexibility index (Phi) is 5.01. The standard InChI is InChI=1S/C18H27NO3/c1-14(2)22-17-5-3-15(4-6-17)12-19-16-7-9-21-18(11-16)8-10-20-13-18/h3-6,14,16,19H,7-13H2,1-2H3. The fourth-order valence-corrected chi connectivity index (χ4v) is 3.29. The molecule has 2 unspecified atom stereocenters. The maximum atomic E-state index is 5.98. The lowest BCUT2D eigenvalue weighted by Gasteiger charge is -2.37. The van der Waals surface area contributed by atoms with Gasteiger partial charge in [0.1, 0.15) is 5.75 Å². The monoisotopic (exact) mass is 305 g/mol. The first kappa shape index (κ1) is 15.8. The Morgan fingerprint density at radius 3 is 2.77 bits per heavy atom. The van der Waals surface area contributed by atoms with E-state index in [0.717, 1.165) is 51.4 Å². The van der Waals surface area contributed by atoms with Crippen molar-refractivity contribution in [3.63, 3.8) is 0 Å². The minimum absolute atomic E-state index is 0.0229. The number of hydrogen-bond acceptors (Lipinski definition) is 4. The van der Waals surface area contributed by atoms with Gasteiger partial charge >= 0.3 is 0 Å². The van der Waals surface area contributed by atoms with Crippen LogP contribution in [0, 0.1) is 0 Å². The highest BCUT2D eigenvalue weighted by molar-refractivity contribution is 5.27. The van der Waals surface area contributed by atoms with Gasteiger partial charge in [-0.15, -0.1) is 0 Å². The average molecular weight is 305 g/mol. The molecular weight excluding hydrogens is 278 g/mol. The fraction of sp³-hybridized carbons (Fsp3) is 0.667. The average Bonchev–Trinajstić information content (AvgIpc) is 2.94. The van der Waals surface area contributed by atoms with Gasteiger partial charge in [-0.1, -0.05) is 12.1 Å². The second-order valence-electron chi connectivity index (χ2n) is 6.72. The van der Waals surface area contributed by atoms with Crippen molar-refractivity contribution in [2.75, 3.05) is 19.8 Å². The minimum atomic E-state index is -0.0229. The zero-order valence-electron chi connectivity index (χ0n) is 13.6. The molecule has 1 N–H and O–H groups in total. The van der Waals surface area contributed by atoms with Crippen LogP contribution in [0.15, 0.2) is 24.3 Å². The van der Waals surface area contributed by atoms with Crippen molar-refractivity contribution < 1.29 is 14.2 Å². The second kappa shape index (κ2) is 6.99. The molecule has 0 amide bonds. The maximum absolute atomic E-state index is 5.98. The summed E-state index contributed by atoms with van der Waals surface area (Å²) in [5.41, 5.74) is 1.27. The lowest BCUT2D eigenvalue weighted by Crippen LogP contribution is -2.47. The van der Waals surface area contributed by atoms with Crippen LogP contribution in [0.2, 0.25) is 0 Å². The lowest BCUT2D eigenvalue weighted by molar-refractivity contribution is -0.0894. The third-order valence-corrected chi connectivity index (χ3v) is 4.45. The van der Waals surface area contributed by atoms with Gasteiger partial charge in [-0.2, -0.15) is 0 Å². The normalized spacial score (nSPS) is 28.4. The molecule has 22 heavy (non-hydrogen) atoms. The van der Waals surface area contributed by atoms with E-state index in [2.05, 4.69) is 17.4 Å². The molecule has 0 bridgehead atoms. The third kappa shape index (κ3) is 4.00. The van der Waals surface area contributed by atoms with Crippen LogP contribution in [-0.2, 0) is 16.0 Å². The van der Waals surface area contributed by atoms with Crippen LogP contribution in [0.1, 0.15) is 38.7 Å². The molecule has 2 aliphatic heterocycles. The predicted octanol–water partition coefficient (Wildman–Crippen LogP) is 2.90. The lowest BCUT2D eigenvalue weighted by atomic mass is 9.89. The Morgan fingerprint density at radius 1 is 1.27 bits per heavy atom. The number of ether oxygens (including phenoxy) is 3. The van der Waals surface area contributed by atoms with Crippen molar-refractivity contribution in [2.45, 2.75) is 57.4 Å². The summed E-state index contributed by atoms with van der Waals surface area (Å²) in [6, 6.07) is 8.89. The van der Waals surface area contributed by atoms with E-state index in [1.165, 1.54) is 5.56 Å². The Morgan fingerprint density at radius 2 is 2.09 bits per heavy atom. The van der Waals surface area contributed by atoms with Gasteiger partial charge in [0.05, 0.1) is 18.3 Å². The summed E-state index contributed by atoms with van der Waals surface area (Å²) >= 11 is 0. The van der Waals surface area contributed by atoms with Crippen LogP contribution >= 0.6 is 0 Å². The molecule has 122 valence electrons. The summed E-state index contributed by atoms with van der Waals surface area (Å²) in [5.74, 6) is 0.937. The van der Waals surface area contributed by atoms with Crippen LogP contribution in [0.3, 0.4) is 0 Å². The summed E-state index contributed by atoms with van der Waals surface area (Å²) in [5, 5.41) is 3.67. The zero-order valence-corrected chi connectivity index (χ0v) is 13.6. The van der Waals surface area contributed by atoms with Crippen molar-refractivity contribution in [3.8, 4) is 5.75 Å². The molecule has 2 aliphatic rings. The van der Waals surface area contributed by atoms with Crippen LogP contribution < -0.4 is 10.1 Å². The summed E-state index contributed by atoms with van der Waals surface area (Å²) in [6.07, 6.45) is 3.39. The molecule has 2 saturated heterocycles. The van der Waals surface area contributed by atoms with Crippen molar-refractivity contribution in [3.05, 3.63) is 29.8 Å². The summed E-state index contributed by atoms with van der Waals surface area (Å²) in [4.78, 5) is 0. The molecule has 2 atom stereocenters. The molecule has 0 radical (unpaired) electrons. The molecule has 3 rings (SSSR count). The molecular formula is C18H27NO3. The van der Waals surface area contributed by atoms with Crippen LogP contribution in [0.25, 0.3) is 0 Å². The Balaban J connectivity index is 1.49. The number of benzene rings is 1. The molecule has 0 saturated carbocycles. The molecule has 0 aliphatic carbocycles. The largest absolute Gasteiger partial charge is 0.491 e. The van der Waals surface area contributed by atoms with E-state index < -0.39 is 0 Å². The Labute approximate surface area is 133 Å². The molecule has 4 heteroatoms. The summed E-state index contributed by atoms with van der Waals surface area (Å²) in [6.45, 7) is 7.41. The highest BCUT2D eigenvalue weighted by atomic mass is 16.6. The van der Waals surface area contributed by atoms with E-state index in [1.54, 1.807) is 0 Å². The molecule has 2 fully saturated rings. The number of nitrogens with one attached hydrogen (secondary N) is 1. The Hall–Kier alpha value is -1.10. The first-order valence-corrected chi connectivity index (χ1v) is 8.36. The molecule has 1 aromatic carbocycles. The van der Waals surface area contributed by atoms with Crippen LogP contribution in [0.5, 0.6) is 5.75 Å². The number of rotatable bonds is 5. The molecule has 0 aromatic heterocycles.